The molecule has 2 heterocycles. The molecule has 0 aliphatic carbocycles. The van der Waals surface area contributed by atoms with E-state index in [2.05, 4.69) is 25.8 Å². The van der Waals surface area contributed by atoms with Crippen molar-refractivity contribution in [1.82, 2.24) is 15.4 Å². The molecule has 26 heavy (non-hydrogen) atoms. The Morgan fingerprint density at radius 1 is 1.38 bits per heavy atom. The Kier molecular flexibility index (Phi) is 5.32. The highest BCUT2D eigenvalue weighted by Crippen LogP contribution is 2.32. The maximum Gasteiger partial charge on any atom is 0.231 e. The molecular weight excluding hydrogens is 354 g/mol. The zero-order chi connectivity index (χ0) is 18.5. The third-order valence-electron chi connectivity index (χ3n) is 3.49. The van der Waals surface area contributed by atoms with Gasteiger partial charge in [0.2, 0.25) is 12.7 Å². The Bertz CT molecular complexity index is 841. The topological polar surface area (TPSA) is 110 Å². The van der Waals surface area contributed by atoms with Crippen molar-refractivity contribution in [2.75, 3.05) is 31.1 Å². The largest absolute Gasteiger partial charge is 0.454 e. The molecule has 3 rings (SSSR count). The summed E-state index contributed by atoms with van der Waals surface area (Å²) in [5.41, 5.74) is 9.62. The number of ether oxygens (including phenoxy) is 2. The standard InChI is InChI=1S/C16H19N7O2S/c1-23(2)14-11(8-20-22-15(17)26)7-19-16(21-14)18-6-10-3-4-12-13(5-10)25-9-24-12/h3-5,7-8H,6,9H2,1-2H3,(H3,17,22,26)(H,18,19,21). The number of hydrogen-bond acceptors (Lipinski definition) is 8. The summed E-state index contributed by atoms with van der Waals surface area (Å²) in [6.07, 6.45) is 3.24. The Morgan fingerprint density at radius 2 is 2.19 bits per heavy atom. The predicted molar refractivity (Wildman–Crippen MR) is 104 cm³/mol. The highest BCUT2D eigenvalue weighted by atomic mass is 32.1. The number of nitrogens with two attached hydrogens (primary N) is 1. The van der Waals surface area contributed by atoms with Crippen LogP contribution in [0.2, 0.25) is 0 Å². The fraction of sp³-hybridized carbons (Fsp3) is 0.250. The Hall–Kier alpha value is -3.14. The second-order valence-corrected chi connectivity index (χ2v) is 6.08. The van der Waals surface area contributed by atoms with Gasteiger partial charge in [0.1, 0.15) is 5.82 Å². The highest BCUT2D eigenvalue weighted by Gasteiger charge is 2.13. The summed E-state index contributed by atoms with van der Waals surface area (Å²) in [6.45, 7) is 0.814. The summed E-state index contributed by atoms with van der Waals surface area (Å²) >= 11 is 4.71. The van der Waals surface area contributed by atoms with Crippen molar-refractivity contribution in [1.29, 1.82) is 0 Å². The first-order valence-electron chi connectivity index (χ1n) is 7.78. The molecule has 0 saturated carbocycles. The van der Waals surface area contributed by atoms with Crippen LogP contribution in [0.15, 0.2) is 29.5 Å². The van der Waals surface area contributed by atoms with Crippen molar-refractivity contribution in [3.63, 3.8) is 0 Å². The molecule has 0 unspecified atom stereocenters. The second kappa shape index (κ2) is 7.83. The SMILES string of the molecule is CN(C)c1nc(NCc2ccc3c(c2)OCO3)ncc1C=NNC(N)=S. The molecule has 0 bridgehead atoms. The quantitative estimate of drug-likeness (QED) is 0.389. The molecule has 1 aliphatic rings. The first kappa shape index (κ1) is 17.7. The minimum Gasteiger partial charge on any atom is -0.454 e. The zero-order valence-electron chi connectivity index (χ0n) is 14.4. The van der Waals surface area contributed by atoms with Crippen LogP contribution in [-0.4, -0.2) is 42.2 Å². The van der Waals surface area contributed by atoms with Crippen molar-refractivity contribution < 1.29 is 9.47 Å². The molecule has 136 valence electrons. The van der Waals surface area contributed by atoms with Gasteiger partial charge in [-0.2, -0.15) is 10.1 Å². The number of nitrogens with one attached hydrogen (secondary N) is 2. The zero-order valence-corrected chi connectivity index (χ0v) is 15.2. The molecule has 0 spiro atoms. The Morgan fingerprint density at radius 3 is 2.96 bits per heavy atom. The van der Waals surface area contributed by atoms with Gasteiger partial charge in [-0.05, 0) is 29.9 Å². The lowest BCUT2D eigenvalue weighted by atomic mass is 10.2. The molecule has 2 aromatic rings. The van der Waals surface area contributed by atoms with Crippen molar-refractivity contribution >= 4 is 35.3 Å². The van der Waals surface area contributed by atoms with E-state index < -0.39 is 0 Å². The molecule has 1 aromatic carbocycles. The monoisotopic (exact) mass is 373 g/mol. The number of thiocarbonyl (C=S) groups is 1. The van der Waals surface area contributed by atoms with Crippen LogP contribution in [0.5, 0.6) is 11.5 Å². The smallest absolute Gasteiger partial charge is 0.231 e. The summed E-state index contributed by atoms with van der Waals surface area (Å²) in [5.74, 6) is 2.72. The lowest BCUT2D eigenvalue weighted by Crippen LogP contribution is -2.24. The summed E-state index contributed by atoms with van der Waals surface area (Å²) in [4.78, 5) is 10.7. The minimum absolute atomic E-state index is 0.0931. The van der Waals surface area contributed by atoms with Gasteiger partial charge in [0.15, 0.2) is 16.6 Å². The fourth-order valence-corrected chi connectivity index (χ4v) is 2.37. The first-order valence-corrected chi connectivity index (χ1v) is 8.19. The number of fused-ring (bicyclic) bond motifs is 1. The molecule has 0 radical (unpaired) electrons. The lowest BCUT2D eigenvalue weighted by molar-refractivity contribution is 0.174. The van der Waals surface area contributed by atoms with Crippen molar-refractivity contribution in [3.8, 4) is 11.5 Å². The van der Waals surface area contributed by atoms with Gasteiger partial charge in [0.05, 0.1) is 11.8 Å². The van der Waals surface area contributed by atoms with Gasteiger partial charge < -0.3 is 25.4 Å². The number of rotatable bonds is 6. The third kappa shape index (κ3) is 4.28. The molecule has 1 aromatic heterocycles. The molecule has 0 saturated heterocycles. The van der Waals surface area contributed by atoms with Crippen LogP contribution in [0.1, 0.15) is 11.1 Å². The number of anilines is 2. The highest BCUT2D eigenvalue weighted by molar-refractivity contribution is 7.80. The number of hydrogen-bond donors (Lipinski definition) is 3. The first-order chi connectivity index (χ1) is 12.5. The van der Waals surface area contributed by atoms with E-state index in [1.54, 1.807) is 12.4 Å². The maximum absolute atomic E-state index is 5.39. The normalized spacial score (nSPS) is 12.2. The van der Waals surface area contributed by atoms with Crippen LogP contribution < -0.4 is 30.8 Å². The number of aromatic nitrogens is 2. The van der Waals surface area contributed by atoms with E-state index >= 15 is 0 Å². The molecule has 10 heteroatoms. The maximum atomic E-state index is 5.39. The van der Waals surface area contributed by atoms with Gasteiger partial charge in [-0.3, -0.25) is 5.43 Å². The number of hydrazone groups is 1. The second-order valence-electron chi connectivity index (χ2n) is 5.64. The summed E-state index contributed by atoms with van der Waals surface area (Å²) < 4.78 is 10.7. The predicted octanol–water partition coefficient (Wildman–Crippen LogP) is 1.05. The van der Waals surface area contributed by atoms with Gasteiger partial charge in [0, 0.05) is 26.8 Å². The van der Waals surface area contributed by atoms with Gasteiger partial charge in [-0.15, -0.1) is 0 Å². The summed E-state index contributed by atoms with van der Waals surface area (Å²) in [5, 5.41) is 7.24. The molecule has 0 atom stereocenters. The Balaban J connectivity index is 1.71. The average Bonchev–Trinajstić information content (AvgIpc) is 3.08. The van der Waals surface area contributed by atoms with Crippen molar-refractivity contribution in [2.24, 2.45) is 10.8 Å². The molecule has 0 fully saturated rings. The van der Waals surface area contributed by atoms with Crippen LogP contribution >= 0.6 is 12.2 Å². The van der Waals surface area contributed by atoms with Gasteiger partial charge in [-0.25, -0.2) is 4.98 Å². The molecule has 0 amide bonds. The molecule has 4 N–H and O–H groups in total. The molecule has 9 nitrogen and oxygen atoms in total. The lowest BCUT2D eigenvalue weighted by Gasteiger charge is -2.15. The van der Waals surface area contributed by atoms with E-state index in [1.807, 2.05) is 37.2 Å². The van der Waals surface area contributed by atoms with Crippen LogP contribution in [-0.2, 0) is 6.54 Å². The van der Waals surface area contributed by atoms with Gasteiger partial charge in [-0.1, -0.05) is 6.07 Å². The molecular formula is C16H19N7O2S. The van der Waals surface area contributed by atoms with E-state index in [-0.39, 0.29) is 11.9 Å². The Labute approximate surface area is 156 Å². The van der Waals surface area contributed by atoms with E-state index in [1.165, 1.54) is 0 Å². The van der Waals surface area contributed by atoms with Crippen LogP contribution in [0.3, 0.4) is 0 Å². The summed E-state index contributed by atoms with van der Waals surface area (Å²) in [7, 11) is 3.78. The van der Waals surface area contributed by atoms with Crippen molar-refractivity contribution in [3.05, 3.63) is 35.5 Å². The number of benzene rings is 1. The minimum atomic E-state index is 0.0931. The third-order valence-corrected chi connectivity index (χ3v) is 3.58. The van der Waals surface area contributed by atoms with E-state index in [9.17, 15) is 0 Å². The molecule has 1 aliphatic heterocycles. The van der Waals surface area contributed by atoms with Crippen LogP contribution in [0, 0.1) is 0 Å². The van der Waals surface area contributed by atoms with E-state index in [0.717, 1.165) is 22.6 Å². The number of nitrogens with zero attached hydrogens (tertiary/aromatic N) is 4. The summed E-state index contributed by atoms with van der Waals surface area (Å²) in [6, 6.07) is 5.79. The van der Waals surface area contributed by atoms with Crippen LogP contribution in [0.25, 0.3) is 0 Å². The van der Waals surface area contributed by atoms with Gasteiger partial charge in [0.25, 0.3) is 0 Å². The van der Waals surface area contributed by atoms with Gasteiger partial charge >= 0.3 is 0 Å². The van der Waals surface area contributed by atoms with E-state index in [4.69, 9.17) is 27.4 Å². The van der Waals surface area contributed by atoms with Crippen molar-refractivity contribution in [2.45, 2.75) is 6.54 Å². The van der Waals surface area contributed by atoms with E-state index in [0.29, 0.717) is 18.3 Å². The fourth-order valence-electron chi connectivity index (χ4n) is 2.31. The average molecular weight is 373 g/mol. The van der Waals surface area contributed by atoms with Crippen LogP contribution in [0.4, 0.5) is 11.8 Å².